The minimum absolute atomic E-state index is 0.105. The predicted molar refractivity (Wildman–Crippen MR) is 111 cm³/mol. The Morgan fingerprint density at radius 1 is 1.03 bits per heavy atom. The van der Waals surface area contributed by atoms with E-state index in [1.165, 1.54) is 11.6 Å². The van der Waals surface area contributed by atoms with Gasteiger partial charge in [-0.1, -0.05) is 24.3 Å². The molecule has 0 aliphatic carbocycles. The van der Waals surface area contributed by atoms with Crippen LogP contribution in [0.5, 0.6) is 5.75 Å². The van der Waals surface area contributed by atoms with Gasteiger partial charge >= 0.3 is 0 Å². The Balaban J connectivity index is 1.38. The molecule has 0 N–H and O–H groups in total. The van der Waals surface area contributed by atoms with E-state index in [1.54, 1.807) is 29.2 Å². The summed E-state index contributed by atoms with van der Waals surface area (Å²) < 4.78 is 11.2. The smallest absolute Gasteiger partial charge is 0.289 e. The van der Waals surface area contributed by atoms with Crippen LogP contribution in [0.2, 0.25) is 0 Å². The lowest BCUT2D eigenvalue weighted by Crippen LogP contribution is -2.48. The van der Waals surface area contributed by atoms with Crippen LogP contribution in [0, 0.1) is 0 Å². The first-order valence-electron chi connectivity index (χ1n) is 9.90. The molecule has 6 nitrogen and oxygen atoms in total. The molecule has 0 spiro atoms. The van der Waals surface area contributed by atoms with Gasteiger partial charge in [-0.15, -0.1) is 0 Å². The molecular weight excluding hydrogens is 368 g/mol. The van der Waals surface area contributed by atoms with Gasteiger partial charge in [0.15, 0.2) is 11.2 Å². The minimum Gasteiger partial charge on any atom is -0.494 e. The van der Waals surface area contributed by atoms with Crippen LogP contribution in [0.4, 0.5) is 0 Å². The molecule has 1 aromatic heterocycles. The maximum absolute atomic E-state index is 12.8. The highest BCUT2D eigenvalue weighted by molar-refractivity contribution is 5.93. The molecule has 1 aliphatic rings. The fourth-order valence-electron chi connectivity index (χ4n) is 3.59. The number of ether oxygens (including phenoxy) is 1. The van der Waals surface area contributed by atoms with Crippen molar-refractivity contribution in [1.29, 1.82) is 0 Å². The van der Waals surface area contributed by atoms with Crippen molar-refractivity contribution < 1.29 is 13.9 Å². The van der Waals surface area contributed by atoms with Crippen LogP contribution in [0.15, 0.2) is 63.8 Å². The second-order valence-corrected chi connectivity index (χ2v) is 7.12. The number of para-hydroxylation sites is 1. The zero-order chi connectivity index (χ0) is 20.2. The second-order valence-electron chi connectivity index (χ2n) is 7.12. The standard InChI is InChI=1S/C23H24N2O4/c1-2-28-18-9-7-17(8-10-18)16-24-11-13-25(14-12-24)23(27)22-15-20(26)19-5-3-4-6-21(19)29-22/h3-10,15H,2,11-14,16H2,1H3. The zero-order valence-electron chi connectivity index (χ0n) is 16.5. The molecule has 6 heteroatoms. The molecular formula is C23H24N2O4. The number of piperazine rings is 1. The third kappa shape index (κ3) is 4.32. The van der Waals surface area contributed by atoms with Gasteiger partial charge in [-0.3, -0.25) is 14.5 Å². The summed E-state index contributed by atoms with van der Waals surface area (Å²) in [7, 11) is 0. The van der Waals surface area contributed by atoms with E-state index >= 15 is 0 Å². The van der Waals surface area contributed by atoms with Crippen molar-refractivity contribution in [3.05, 3.63) is 76.1 Å². The number of carbonyl (C=O) groups is 1. The summed E-state index contributed by atoms with van der Waals surface area (Å²) in [6.07, 6.45) is 0. The lowest BCUT2D eigenvalue weighted by molar-refractivity contribution is 0.0598. The number of rotatable bonds is 5. The molecule has 4 rings (SSSR count). The summed E-state index contributed by atoms with van der Waals surface area (Å²) in [4.78, 5) is 29.1. The van der Waals surface area contributed by atoms with E-state index in [0.29, 0.717) is 30.7 Å². The average Bonchev–Trinajstić information content (AvgIpc) is 2.75. The monoisotopic (exact) mass is 392 g/mol. The lowest BCUT2D eigenvalue weighted by atomic mass is 10.2. The summed E-state index contributed by atoms with van der Waals surface area (Å²) in [6, 6.07) is 16.4. The van der Waals surface area contributed by atoms with Crippen molar-refractivity contribution >= 4 is 16.9 Å². The van der Waals surface area contributed by atoms with Crippen molar-refractivity contribution in [2.45, 2.75) is 13.5 Å². The van der Waals surface area contributed by atoms with Gasteiger partial charge in [0, 0.05) is 38.8 Å². The van der Waals surface area contributed by atoms with Crippen LogP contribution in [-0.4, -0.2) is 48.5 Å². The van der Waals surface area contributed by atoms with Gasteiger partial charge in [0.2, 0.25) is 0 Å². The van der Waals surface area contributed by atoms with Crippen molar-refractivity contribution in [3.63, 3.8) is 0 Å². The quantitative estimate of drug-likeness (QED) is 0.668. The van der Waals surface area contributed by atoms with E-state index in [4.69, 9.17) is 9.15 Å². The largest absolute Gasteiger partial charge is 0.494 e. The maximum atomic E-state index is 12.8. The van der Waals surface area contributed by atoms with Crippen molar-refractivity contribution in [3.8, 4) is 5.75 Å². The summed E-state index contributed by atoms with van der Waals surface area (Å²) in [5, 5.41) is 0.490. The van der Waals surface area contributed by atoms with Crippen molar-refractivity contribution in [2.75, 3.05) is 32.8 Å². The van der Waals surface area contributed by atoms with E-state index < -0.39 is 0 Å². The summed E-state index contributed by atoms with van der Waals surface area (Å²) in [5.74, 6) is 0.755. The summed E-state index contributed by atoms with van der Waals surface area (Å²) in [5.41, 5.74) is 1.47. The molecule has 0 bridgehead atoms. The second kappa shape index (κ2) is 8.49. The molecule has 1 fully saturated rings. The van der Waals surface area contributed by atoms with Gasteiger partial charge in [-0.25, -0.2) is 0 Å². The molecule has 1 amide bonds. The summed E-state index contributed by atoms with van der Waals surface area (Å²) >= 11 is 0. The molecule has 2 heterocycles. The minimum atomic E-state index is -0.228. The molecule has 3 aromatic rings. The topological polar surface area (TPSA) is 63.0 Å². The van der Waals surface area contributed by atoms with Gasteiger partial charge < -0.3 is 14.1 Å². The van der Waals surface area contributed by atoms with E-state index in [0.717, 1.165) is 25.4 Å². The van der Waals surface area contributed by atoms with Gasteiger partial charge in [0.1, 0.15) is 11.3 Å². The molecule has 0 radical (unpaired) electrons. The number of amides is 1. The van der Waals surface area contributed by atoms with E-state index in [1.807, 2.05) is 19.1 Å². The third-order valence-corrected chi connectivity index (χ3v) is 5.15. The fraction of sp³-hybridized carbons (Fsp3) is 0.304. The van der Waals surface area contributed by atoms with E-state index in [2.05, 4.69) is 17.0 Å². The number of benzene rings is 2. The van der Waals surface area contributed by atoms with Crippen LogP contribution in [-0.2, 0) is 6.54 Å². The Hall–Kier alpha value is -3.12. The average molecular weight is 392 g/mol. The van der Waals surface area contributed by atoms with Crippen LogP contribution < -0.4 is 10.2 Å². The van der Waals surface area contributed by atoms with Crippen LogP contribution in [0.3, 0.4) is 0 Å². The van der Waals surface area contributed by atoms with Gasteiger partial charge in [0.25, 0.3) is 5.91 Å². The van der Waals surface area contributed by atoms with Crippen LogP contribution in [0.1, 0.15) is 23.0 Å². The Morgan fingerprint density at radius 3 is 2.48 bits per heavy atom. The molecule has 1 saturated heterocycles. The molecule has 1 aliphatic heterocycles. The third-order valence-electron chi connectivity index (χ3n) is 5.15. The van der Waals surface area contributed by atoms with E-state index in [9.17, 15) is 9.59 Å². The number of nitrogens with zero attached hydrogens (tertiary/aromatic N) is 2. The molecule has 0 unspecified atom stereocenters. The molecule has 2 aromatic carbocycles. The number of hydrogen-bond donors (Lipinski definition) is 0. The Labute approximate surface area is 169 Å². The molecule has 0 atom stereocenters. The highest BCUT2D eigenvalue weighted by atomic mass is 16.5. The maximum Gasteiger partial charge on any atom is 0.289 e. The Bertz CT molecular complexity index is 1050. The van der Waals surface area contributed by atoms with Gasteiger partial charge in [0.05, 0.1) is 12.0 Å². The van der Waals surface area contributed by atoms with Gasteiger partial charge in [-0.2, -0.15) is 0 Å². The molecule has 0 saturated carbocycles. The van der Waals surface area contributed by atoms with Crippen LogP contribution >= 0.6 is 0 Å². The zero-order valence-corrected chi connectivity index (χ0v) is 16.5. The molecule has 29 heavy (non-hydrogen) atoms. The van der Waals surface area contributed by atoms with Crippen molar-refractivity contribution in [1.82, 2.24) is 9.80 Å². The highest BCUT2D eigenvalue weighted by Gasteiger charge is 2.24. The predicted octanol–water partition coefficient (Wildman–Crippen LogP) is 3.15. The van der Waals surface area contributed by atoms with Crippen molar-refractivity contribution in [2.24, 2.45) is 0 Å². The number of carbonyl (C=O) groups excluding carboxylic acids is 1. The first-order chi connectivity index (χ1) is 14.1. The Kier molecular flexibility index (Phi) is 5.62. The number of hydrogen-bond acceptors (Lipinski definition) is 5. The highest BCUT2D eigenvalue weighted by Crippen LogP contribution is 2.17. The fourth-order valence-corrected chi connectivity index (χ4v) is 3.59. The van der Waals surface area contributed by atoms with Gasteiger partial charge in [-0.05, 0) is 36.8 Å². The number of fused-ring (bicyclic) bond motifs is 1. The normalized spacial score (nSPS) is 14.9. The first-order valence-corrected chi connectivity index (χ1v) is 9.90. The summed E-state index contributed by atoms with van der Waals surface area (Å²) in [6.45, 7) is 6.22. The van der Waals surface area contributed by atoms with Crippen LogP contribution in [0.25, 0.3) is 11.0 Å². The molecule has 150 valence electrons. The Morgan fingerprint density at radius 2 is 1.76 bits per heavy atom. The lowest BCUT2D eigenvalue weighted by Gasteiger charge is -2.34. The van der Waals surface area contributed by atoms with E-state index in [-0.39, 0.29) is 17.1 Å². The first kappa shape index (κ1) is 19.2. The SMILES string of the molecule is CCOc1ccc(CN2CCN(C(=O)c3cc(=O)c4ccccc4o3)CC2)cc1.